The highest BCUT2D eigenvalue weighted by Crippen LogP contribution is 2.34. The first-order valence-corrected chi connectivity index (χ1v) is 12.6. The highest BCUT2D eigenvalue weighted by atomic mass is 31.1. The van der Waals surface area contributed by atoms with Crippen molar-refractivity contribution < 1.29 is 28.2 Å². The number of esters is 1. The molecule has 0 heterocycles. The molecule has 8 heteroatoms. The van der Waals surface area contributed by atoms with E-state index in [-0.39, 0.29) is 12.6 Å². The number of hydrogen-bond acceptors (Lipinski definition) is 6. The molecular formula is C22H41NO6P+. The van der Waals surface area contributed by atoms with Crippen LogP contribution >= 0.6 is 8.03 Å². The van der Waals surface area contributed by atoms with Crippen molar-refractivity contribution in [1.29, 1.82) is 0 Å². The van der Waals surface area contributed by atoms with Gasteiger partial charge >= 0.3 is 20.1 Å². The number of rotatable bonds is 13. The zero-order valence-corrected chi connectivity index (χ0v) is 20.3. The minimum atomic E-state index is -2.19. The van der Waals surface area contributed by atoms with Gasteiger partial charge in [-0.25, -0.2) is 4.79 Å². The largest absolute Gasteiger partial charge is 0.533 e. The Labute approximate surface area is 182 Å². The first-order chi connectivity index (χ1) is 14.2. The Hall–Kier alpha value is -1.20. The van der Waals surface area contributed by atoms with Crippen LogP contribution in [0.3, 0.4) is 0 Å². The molecule has 0 radical (unpaired) electrons. The van der Waals surface area contributed by atoms with Crippen molar-refractivity contribution >= 4 is 20.1 Å². The van der Waals surface area contributed by atoms with Gasteiger partial charge in [0.2, 0.25) is 0 Å². The fourth-order valence-corrected chi connectivity index (χ4v) is 4.80. The predicted octanol–water partition coefficient (Wildman–Crippen LogP) is 5.94. The fourth-order valence-electron chi connectivity index (χ4n) is 3.69. The maximum absolute atomic E-state index is 12.8. The van der Waals surface area contributed by atoms with Crippen LogP contribution in [-0.2, 0) is 23.4 Å². The van der Waals surface area contributed by atoms with E-state index in [4.69, 9.17) is 14.0 Å². The second kappa shape index (κ2) is 14.0. The summed E-state index contributed by atoms with van der Waals surface area (Å²) >= 11 is 0. The number of ether oxygens (including phenoxy) is 2. The van der Waals surface area contributed by atoms with Crippen LogP contribution in [0.5, 0.6) is 0 Å². The van der Waals surface area contributed by atoms with Crippen LogP contribution in [0.15, 0.2) is 0 Å². The van der Waals surface area contributed by atoms with Crippen molar-refractivity contribution in [2.75, 3.05) is 13.7 Å². The summed E-state index contributed by atoms with van der Waals surface area (Å²) in [6.07, 6.45) is 9.29. The van der Waals surface area contributed by atoms with Crippen molar-refractivity contribution in [1.82, 2.24) is 5.32 Å². The summed E-state index contributed by atoms with van der Waals surface area (Å²) in [7, 11) is -0.824. The van der Waals surface area contributed by atoms with Gasteiger partial charge in [0.05, 0.1) is 13.0 Å². The molecule has 0 spiro atoms. The Balaban J connectivity index is 2.63. The van der Waals surface area contributed by atoms with Crippen LogP contribution < -0.4 is 5.32 Å². The number of carbonyl (C=O) groups is 2. The van der Waals surface area contributed by atoms with E-state index in [0.717, 1.165) is 25.7 Å². The first-order valence-electron chi connectivity index (χ1n) is 11.3. The minimum Gasteiger partial charge on any atom is -0.469 e. The quantitative estimate of drug-likeness (QED) is 0.214. The van der Waals surface area contributed by atoms with Crippen LogP contribution in [0.25, 0.3) is 0 Å². The van der Waals surface area contributed by atoms with Crippen molar-refractivity contribution in [2.24, 2.45) is 11.8 Å². The van der Waals surface area contributed by atoms with Gasteiger partial charge < -0.3 is 9.47 Å². The molecule has 1 fully saturated rings. The second-order valence-corrected chi connectivity index (χ2v) is 10.6. The molecule has 174 valence electrons. The molecule has 0 bridgehead atoms. The minimum absolute atomic E-state index is 0.0366. The second-order valence-electron chi connectivity index (χ2n) is 9.19. The van der Waals surface area contributed by atoms with Crippen LogP contribution in [0.2, 0.25) is 0 Å². The zero-order chi connectivity index (χ0) is 22.6. The van der Waals surface area contributed by atoms with E-state index in [1.54, 1.807) is 20.8 Å². The summed E-state index contributed by atoms with van der Waals surface area (Å²) in [4.78, 5) is 24.3. The first kappa shape index (κ1) is 26.8. The van der Waals surface area contributed by atoms with E-state index >= 15 is 0 Å². The van der Waals surface area contributed by atoms with Gasteiger partial charge in [-0.3, -0.25) is 10.1 Å². The fraction of sp³-hybridized carbons (Fsp3) is 0.909. The van der Waals surface area contributed by atoms with Crippen LogP contribution in [0.1, 0.15) is 91.9 Å². The maximum atomic E-state index is 12.8. The Morgan fingerprint density at radius 1 is 1.13 bits per heavy atom. The molecule has 3 atom stereocenters. The zero-order valence-electron chi connectivity index (χ0n) is 19.4. The molecule has 0 aliphatic heterocycles. The van der Waals surface area contributed by atoms with Crippen molar-refractivity contribution in [2.45, 2.75) is 103 Å². The number of nitrogens with one attached hydrogen (secondary N) is 1. The van der Waals surface area contributed by atoms with Crippen LogP contribution in [0, 0.1) is 11.8 Å². The standard InChI is InChI=1S/C22H40NO6P/c1-6-7-8-13-19(23-21(25)29-22(2,3)4)30(26)28-16-18(20(24)27-5)15-14-17-11-9-10-12-17/h17-19H,6-16H2,1-5H3/p+1. The van der Waals surface area contributed by atoms with E-state index in [2.05, 4.69) is 12.2 Å². The maximum Gasteiger partial charge on any atom is 0.533 e. The number of unbranched alkanes of at least 4 members (excludes halogenated alkanes) is 2. The Morgan fingerprint density at radius 2 is 1.80 bits per heavy atom. The molecule has 1 saturated carbocycles. The molecule has 7 nitrogen and oxygen atoms in total. The molecule has 1 amide bonds. The number of hydrogen-bond donors (Lipinski definition) is 1. The lowest BCUT2D eigenvalue weighted by atomic mass is 9.95. The molecule has 1 aliphatic rings. The molecule has 1 aliphatic carbocycles. The number of carbonyl (C=O) groups excluding carboxylic acids is 2. The number of amides is 1. The van der Waals surface area contributed by atoms with Gasteiger partial charge in [0.1, 0.15) is 12.2 Å². The lowest BCUT2D eigenvalue weighted by molar-refractivity contribution is -0.146. The third kappa shape index (κ3) is 11.3. The summed E-state index contributed by atoms with van der Waals surface area (Å²) < 4.78 is 28.6. The third-order valence-corrected chi connectivity index (χ3v) is 6.65. The van der Waals surface area contributed by atoms with E-state index < -0.39 is 31.4 Å². The van der Waals surface area contributed by atoms with Crippen molar-refractivity contribution in [3.8, 4) is 0 Å². The topological polar surface area (TPSA) is 90.9 Å². The number of alkyl carbamates (subject to hydrolysis) is 1. The van der Waals surface area contributed by atoms with E-state index in [1.165, 1.54) is 32.8 Å². The highest BCUT2D eigenvalue weighted by Gasteiger charge is 2.37. The molecule has 0 saturated heterocycles. The van der Waals surface area contributed by atoms with Gasteiger partial charge in [-0.05, 0) is 50.5 Å². The summed E-state index contributed by atoms with van der Waals surface area (Å²) in [5.74, 6) is -0.762. The predicted molar refractivity (Wildman–Crippen MR) is 118 cm³/mol. The lowest BCUT2D eigenvalue weighted by Crippen LogP contribution is -2.38. The van der Waals surface area contributed by atoms with Crippen molar-refractivity contribution in [3.63, 3.8) is 0 Å². The van der Waals surface area contributed by atoms with E-state index in [1.807, 2.05) is 0 Å². The monoisotopic (exact) mass is 446 g/mol. The van der Waals surface area contributed by atoms with Gasteiger partial charge in [0, 0.05) is 6.42 Å². The Bertz CT molecular complexity index is 542. The molecule has 1 rings (SSSR count). The summed E-state index contributed by atoms with van der Waals surface area (Å²) in [6, 6.07) is 0. The van der Waals surface area contributed by atoms with Gasteiger partial charge in [-0.1, -0.05) is 45.4 Å². The molecule has 0 aromatic rings. The molecule has 3 unspecified atom stereocenters. The van der Waals surface area contributed by atoms with Crippen LogP contribution in [-0.4, -0.2) is 37.2 Å². The summed E-state index contributed by atoms with van der Waals surface area (Å²) in [5, 5.41) is 2.69. The molecule has 30 heavy (non-hydrogen) atoms. The summed E-state index contributed by atoms with van der Waals surface area (Å²) in [5.41, 5.74) is -0.638. The SMILES string of the molecule is CCCCCC(NC(=O)OC(C)(C)C)[P+](=O)OCC(CCC1CCCC1)C(=O)OC. The third-order valence-electron chi connectivity index (χ3n) is 5.35. The normalized spacial score (nSPS) is 17.3. The average Bonchev–Trinajstić information content (AvgIpc) is 3.18. The average molecular weight is 447 g/mol. The van der Waals surface area contributed by atoms with Gasteiger partial charge in [0.15, 0.2) is 0 Å². The summed E-state index contributed by atoms with van der Waals surface area (Å²) in [6.45, 7) is 7.45. The van der Waals surface area contributed by atoms with Gasteiger partial charge in [-0.15, -0.1) is 4.52 Å². The molecule has 0 aromatic carbocycles. The Kier molecular flexibility index (Phi) is 12.5. The Morgan fingerprint density at radius 3 is 2.37 bits per heavy atom. The molecular weight excluding hydrogens is 405 g/mol. The van der Waals surface area contributed by atoms with Crippen LogP contribution in [0.4, 0.5) is 4.79 Å². The molecule has 1 N–H and O–H groups in total. The highest BCUT2D eigenvalue weighted by molar-refractivity contribution is 7.40. The van der Waals surface area contributed by atoms with Gasteiger partial charge in [0.25, 0.3) is 5.78 Å². The number of methoxy groups -OCH3 is 1. The van der Waals surface area contributed by atoms with E-state index in [9.17, 15) is 14.2 Å². The lowest BCUT2D eigenvalue weighted by Gasteiger charge is -2.20. The molecule has 0 aromatic heterocycles. The van der Waals surface area contributed by atoms with Gasteiger partial charge in [-0.2, -0.15) is 0 Å². The van der Waals surface area contributed by atoms with E-state index in [0.29, 0.717) is 18.8 Å². The smallest absolute Gasteiger partial charge is 0.469 e. The van der Waals surface area contributed by atoms with Crippen molar-refractivity contribution in [3.05, 3.63) is 0 Å².